The van der Waals surface area contributed by atoms with Crippen LogP contribution in [0.25, 0.3) is 0 Å². The van der Waals surface area contributed by atoms with E-state index in [4.69, 9.17) is 9.47 Å². The third kappa shape index (κ3) is 9.75. The van der Waals surface area contributed by atoms with Gasteiger partial charge in [0.2, 0.25) is 0 Å². The van der Waals surface area contributed by atoms with Crippen molar-refractivity contribution in [3.63, 3.8) is 0 Å². The predicted octanol–water partition coefficient (Wildman–Crippen LogP) is 3.17. The molecule has 0 aromatic rings. The lowest BCUT2D eigenvalue weighted by atomic mass is 10.2. The Morgan fingerprint density at radius 3 is 1.36 bits per heavy atom. The zero-order valence-corrected chi connectivity index (χ0v) is 10.4. The maximum absolute atomic E-state index is 5.58. The van der Waals surface area contributed by atoms with Crippen molar-refractivity contribution in [1.29, 1.82) is 0 Å². The molecule has 0 heterocycles. The van der Waals surface area contributed by atoms with Crippen LogP contribution in [0.4, 0.5) is 0 Å². The van der Waals surface area contributed by atoms with Crippen LogP contribution in [-0.2, 0) is 9.47 Å². The van der Waals surface area contributed by atoms with Gasteiger partial charge in [-0.2, -0.15) is 0 Å². The summed E-state index contributed by atoms with van der Waals surface area (Å²) in [6.07, 6.45) is 0. The van der Waals surface area contributed by atoms with E-state index in [2.05, 4.69) is 6.58 Å². The molecular weight excluding hydrogens is 176 g/mol. The summed E-state index contributed by atoms with van der Waals surface area (Å²) in [6, 6.07) is 0. The average Bonchev–Trinajstić information content (AvgIpc) is 1.94. The fourth-order valence-corrected chi connectivity index (χ4v) is 0.679. The molecule has 0 N–H and O–H groups in total. The van der Waals surface area contributed by atoms with Gasteiger partial charge in [-0.15, -0.1) is 0 Å². The molecule has 84 valence electrons. The highest BCUT2D eigenvalue weighted by Crippen LogP contribution is 2.11. The second kappa shape index (κ2) is 4.94. The molecule has 0 saturated carbocycles. The van der Waals surface area contributed by atoms with Crippen molar-refractivity contribution in [2.45, 2.75) is 52.7 Å². The van der Waals surface area contributed by atoms with Crippen molar-refractivity contribution in [2.75, 3.05) is 13.2 Å². The molecule has 0 aromatic heterocycles. The Kier molecular flexibility index (Phi) is 4.82. The molecule has 0 aromatic carbocycles. The lowest BCUT2D eigenvalue weighted by molar-refractivity contribution is -0.0149. The van der Waals surface area contributed by atoms with Crippen molar-refractivity contribution >= 4 is 0 Å². The molecule has 2 nitrogen and oxygen atoms in total. The quantitative estimate of drug-likeness (QED) is 0.649. The van der Waals surface area contributed by atoms with Gasteiger partial charge in [0.1, 0.15) is 0 Å². The first-order valence-electron chi connectivity index (χ1n) is 5.05. The van der Waals surface area contributed by atoms with Crippen LogP contribution in [0.2, 0.25) is 0 Å². The van der Waals surface area contributed by atoms with Crippen LogP contribution < -0.4 is 0 Å². The van der Waals surface area contributed by atoms with Crippen molar-refractivity contribution < 1.29 is 9.47 Å². The molecular formula is C12H24O2. The number of hydrogen-bond donors (Lipinski definition) is 0. The molecule has 2 heteroatoms. The second-order valence-corrected chi connectivity index (χ2v) is 5.55. The zero-order chi connectivity index (χ0) is 11.4. The van der Waals surface area contributed by atoms with Gasteiger partial charge in [0.25, 0.3) is 0 Å². The van der Waals surface area contributed by atoms with Gasteiger partial charge in [-0.3, -0.25) is 0 Å². The van der Waals surface area contributed by atoms with Gasteiger partial charge in [0.05, 0.1) is 24.4 Å². The van der Waals surface area contributed by atoms with Crippen molar-refractivity contribution in [3.05, 3.63) is 12.2 Å². The van der Waals surface area contributed by atoms with E-state index in [9.17, 15) is 0 Å². The third-order valence-corrected chi connectivity index (χ3v) is 1.42. The van der Waals surface area contributed by atoms with Crippen LogP contribution >= 0.6 is 0 Å². The van der Waals surface area contributed by atoms with E-state index in [1.807, 2.05) is 41.5 Å². The van der Waals surface area contributed by atoms with Gasteiger partial charge in [0.15, 0.2) is 0 Å². The number of ether oxygens (including phenoxy) is 2. The number of rotatable bonds is 4. The van der Waals surface area contributed by atoms with E-state index in [0.29, 0.717) is 13.2 Å². The van der Waals surface area contributed by atoms with Crippen molar-refractivity contribution in [1.82, 2.24) is 0 Å². The van der Waals surface area contributed by atoms with Crippen LogP contribution in [-0.4, -0.2) is 24.4 Å². The van der Waals surface area contributed by atoms with Crippen LogP contribution in [0.15, 0.2) is 12.2 Å². The zero-order valence-electron chi connectivity index (χ0n) is 10.4. The Bertz CT molecular complexity index is 161. The highest BCUT2D eigenvalue weighted by atomic mass is 16.5. The molecule has 0 rings (SSSR count). The first-order valence-corrected chi connectivity index (χ1v) is 5.05. The summed E-state index contributed by atoms with van der Waals surface area (Å²) in [6.45, 7) is 17.2. The molecule has 14 heavy (non-hydrogen) atoms. The molecule has 0 saturated heterocycles. The first kappa shape index (κ1) is 13.7. The van der Waals surface area contributed by atoms with E-state index in [-0.39, 0.29) is 11.2 Å². The standard InChI is InChI=1S/C12H24O2/c1-10(8-13-11(2,3)4)9-14-12(5,6)7/h1,8-9H2,2-7H3. The summed E-state index contributed by atoms with van der Waals surface area (Å²) in [4.78, 5) is 0. The minimum Gasteiger partial charge on any atom is -0.371 e. The molecule has 0 radical (unpaired) electrons. The predicted molar refractivity (Wildman–Crippen MR) is 60.6 cm³/mol. The van der Waals surface area contributed by atoms with E-state index >= 15 is 0 Å². The van der Waals surface area contributed by atoms with Gasteiger partial charge in [0, 0.05) is 0 Å². The fourth-order valence-electron chi connectivity index (χ4n) is 0.679. The average molecular weight is 200 g/mol. The monoisotopic (exact) mass is 200 g/mol. The summed E-state index contributed by atoms with van der Waals surface area (Å²) in [5.74, 6) is 0. The summed E-state index contributed by atoms with van der Waals surface area (Å²) in [5.41, 5.74) is 0.768. The van der Waals surface area contributed by atoms with Crippen molar-refractivity contribution in [3.8, 4) is 0 Å². The first-order chi connectivity index (χ1) is 6.10. The molecule has 0 spiro atoms. The minimum atomic E-state index is -0.106. The molecule has 0 amide bonds. The summed E-state index contributed by atoms with van der Waals surface area (Å²) in [7, 11) is 0. The summed E-state index contributed by atoms with van der Waals surface area (Å²) >= 11 is 0. The van der Waals surface area contributed by atoms with Crippen molar-refractivity contribution in [2.24, 2.45) is 0 Å². The third-order valence-electron chi connectivity index (χ3n) is 1.42. The van der Waals surface area contributed by atoms with Crippen LogP contribution in [0, 0.1) is 0 Å². The Morgan fingerprint density at radius 1 is 0.857 bits per heavy atom. The fraction of sp³-hybridized carbons (Fsp3) is 0.833. The van der Waals surface area contributed by atoms with E-state index in [1.165, 1.54) is 0 Å². The molecule has 0 aliphatic carbocycles. The van der Waals surface area contributed by atoms with E-state index in [0.717, 1.165) is 5.57 Å². The highest BCUT2D eigenvalue weighted by Gasteiger charge is 2.13. The van der Waals surface area contributed by atoms with E-state index in [1.54, 1.807) is 0 Å². The highest BCUT2D eigenvalue weighted by molar-refractivity contribution is 4.95. The Balaban J connectivity index is 3.68. The van der Waals surface area contributed by atoms with Gasteiger partial charge < -0.3 is 9.47 Å². The minimum absolute atomic E-state index is 0.106. The summed E-state index contributed by atoms with van der Waals surface area (Å²) in [5, 5.41) is 0. The SMILES string of the molecule is C=C(COC(C)(C)C)COC(C)(C)C. The Morgan fingerprint density at radius 2 is 1.14 bits per heavy atom. The lowest BCUT2D eigenvalue weighted by Gasteiger charge is -2.23. The molecule has 0 bridgehead atoms. The van der Waals surface area contributed by atoms with Crippen LogP contribution in [0.3, 0.4) is 0 Å². The van der Waals surface area contributed by atoms with Gasteiger partial charge >= 0.3 is 0 Å². The maximum Gasteiger partial charge on any atom is 0.0703 e. The molecule has 0 unspecified atom stereocenters. The second-order valence-electron chi connectivity index (χ2n) is 5.55. The van der Waals surface area contributed by atoms with Gasteiger partial charge in [-0.1, -0.05) is 6.58 Å². The molecule has 0 aliphatic heterocycles. The molecule has 0 atom stereocenters. The number of hydrogen-bond acceptors (Lipinski definition) is 2. The largest absolute Gasteiger partial charge is 0.371 e. The van der Waals surface area contributed by atoms with Gasteiger partial charge in [-0.05, 0) is 47.1 Å². The van der Waals surface area contributed by atoms with Crippen LogP contribution in [0.1, 0.15) is 41.5 Å². The Hall–Kier alpha value is -0.340. The smallest absolute Gasteiger partial charge is 0.0703 e. The topological polar surface area (TPSA) is 18.5 Å². The lowest BCUT2D eigenvalue weighted by Crippen LogP contribution is -2.24. The maximum atomic E-state index is 5.58. The summed E-state index contributed by atoms with van der Waals surface area (Å²) < 4.78 is 11.2. The molecule has 0 fully saturated rings. The van der Waals surface area contributed by atoms with Gasteiger partial charge in [-0.25, -0.2) is 0 Å². The Labute approximate surface area is 88.3 Å². The van der Waals surface area contributed by atoms with E-state index < -0.39 is 0 Å². The molecule has 0 aliphatic rings. The normalized spacial score (nSPS) is 13.0. The van der Waals surface area contributed by atoms with Crippen LogP contribution in [0.5, 0.6) is 0 Å².